The van der Waals surface area contributed by atoms with E-state index in [1.807, 2.05) is 26.0 Å². The molecule has 0 radical (unpaired) electrons. The highest BCUT2D eigenvalue weighted by molar-refractivity contribution is 6.32. The van der Waals surface area contributed by atoms with Crippen molar-refractivity contribution in [3.63, 3.8) is 0 Å². The van der Waals surface area contributed by atoms with Crippen molar-refractivity contribution >= 4 is 29.1 Å². The summed E-state index contributed by atoms with van der Waals surface area (Å²) < 4.78 is 13.1. The minimum Gasteiger partial charge on any atom is -0.484 e. The van der Waals surface area contributed by atoms with Crippen LogP contribution in [0.25, 0.3) is 0 Å². The normalized spacial score (nSPS) is 10.9. The number of carbonyl (C=O) groups is 1. The molecule has 0 N–H and O–H groups in total. The second-order valence-electron chi connectivity index (χ2n) is 6.38. The SMILES string of the molecule is CCn1cc(Cl)c(CN(C)C(=O)c2ccc(COc3c(C)cccc3Cl)o2)n1. The van der Waals surface area contributed by atoms with Gasteiger partial charge in [0.25, 0.3) is 5.91 Å². The van der Waals surface area contributed by atoms with Gasteiger partial charge in [0.05, 0.1) is 16.6 Å². The lowest BCUT2D eigenvalue weighted by Crippen LogP contribution is -2.26. The van der Waals surface area contributed by atoms with Crippen LogP contribution in [0, 0.1) is 6.92 Å². The predicted molar refractivity (Wildman–Crippen MR) is 108 cm³/mol. The Bertz CT molecular complexity index is 961. The first-order chi connectivity index (χ1) is 13.4. The van der Waals surface area contributed by atoms with E-state index in [4.69, 9.17) is 32.4 Å². The first-order valence-electron chi connectivity index (χ1n) is 8.83. The number of amides is 1. The quantitative estimate of drug-likeness (QED) is 0.540. The fourth-order valence-corrected chi connectivity index (χ4v) is 3.19. The third kappa shape index (κ3) is 4.51. The van der Waals surface area contributed by atoms with E-state index >= 15 is 0 Å². The van der Waals surface area contributed by atoms with Gasteiger partial charge in [-0.2, -0.15) is 5.10 Å². The Balaban J connectivity index is 1.64. The van der Waals surface area contributed by atoms with Gasteiger partial charge in [0.1, 0.15) is 23.8 Å². The van der Waals surface area contributed by atoms with Crippen molar-refractivity contribution < 1.29 is 13.9 Å². The van der Waals surface area contributed by atoms with Crippen LogP contribution in [0.4, 0.5) is 0 Å². The van der Waals surface area contributed by atoms with Crippen LogP contribution in [0.15, 0.2) is 40.9 Å². The average Bonchev–Trinajstić information content (AvgIpc) is 3.27. The van der Waals surface area contributed by atoms with E-state index in [9.17, 15) is 4.79 Å². The van der Waals surface area contributed by atoms with Gasteiger partial charge in [-0.1, -0.05) is 35.3 Å². The van der Waals surface area contributed by atoms with E-state index in [0.29, 0.717) is 33.8 Å². The Morgan fingerprint density at radius 1 is 1.25 bits per heavy atom. The Kier molecular flexibility index (Phi) is 6.31. The molecule has 0 saturated heterocycles. The topological polar surface area (TPSA) is 60.5 Å². The van der Waals surface area contributed by atoms with Gasteiger partial charge in [0, 0.05) is 19.8 Å². The lowest BCUT2D eigenvalue weighted by Gasteiger charge is -2.14. The predicted octanol–water partition coefficient (Wildman–Crippen LogP) is 4.96. The largest absolute Gasteiger partial charge is 0.484 e. The zero-order chi connectivity index (χ0) is 20.3. The number of nitrogens with zero attached hydrogens (tertiary/aromatic N) is 3. The Morgan fingerprint density at radius 2 is 2.04 bits per heavy atom. The van der Waals surface area contributed by atoms with Gasteiger partial charge in [0.15, 0.2) is 5.76 Å². The molecule has 0 spiro atoms. The van der Waals surface area contributed by atoms with Crippen LogP contribution >= 0.6 is 23.2 Å². The number of benzene rings is 1. The van der Waals surface area contributed by atoms with E-state index in [-0.39, 0.29) is 24.8 Å². The average molecular weight is 422 g/mol. The van der Waals surface area contributed by atoms with Crippen molar-refractivity contribution in [1.29, 1.82) is 0 Å². The van der Waals surface area contributed by atoms with Crippen molar-refractivity contribution in [1.82, 2.24) is 14.7 Å². The third-order valence-electron chi connectivity index (χ3n) is 4.24. The lowest BCUT2D eigenvalue weighted by molar-refractivity contribution is 0.0747. The second kappa shape index (κ2) is 8.71. The molecule has 1 aromatic carbocycles. The number of ether oxygens (including phenoxy) is 1. The zero-order valence-electron chi connectivity index (χ0n) is 15.9. The number of hydrogen-bond donors (Lipinski definition) is 0. The van der Waals surface area contributed by atoms with Crippen molar-refractivity contribution in [3.8, 4) is 5.75 Å². The molecule has 0 atom stereocenters. The van der Waals surface area contributed by atoms with Crippen LogP contribution in [0.3, 0.4) is 0 Å². The van der Waals surface area contributed by atoms with E-state index in [0.717, 1.165) is 5.56 Å². The molecule has 6 nitrogen and oxygen atoms in total. The highest BCUT2D eigenvalue weighted by Gasteiger charge is 2.19. The number of aryl methyl sites for hydroxylation is 2. The summed E-state index contributed by atoms with van der Waals surface area (Å²) in [5, 5.41) is 5.42. The fraction of sp³-hybridized carbons (Fsp3) is 0.300. The second-order valence-corrected chi connectivity index (χ2v) is 7.20. The van der Waals surface area contributed by atoms with Crippen LogP contribution in [-0.2, 0) is 19.7 Å². The highest BCUT2D eigenvalue weighted by Crippen LogP contribution is 2.29. The summed E-state index contributed by atoms with van der Waals surface area (Å²) >= 11 is 12.3. The van der Waals surface area contributed by atoms with Crippen molar-refractivity contribution in [2.45, 2.75) is 33.5 Å². The zero-order valence-corrected chi connectivity index (χ0v) is 17.4. The van der Waals surface area contributed by atoms with E-state index in [1.54, 1.807) is 36.1 Å². The molecule has 28 heavy (non-hydrogen) atoms. The van der Waals surface area contributed by atoms with Crippen LogP contribution in [0.2, 0.25) is 10.0 Å². The molecule has 2 aromatic heterocycles. The molecular formula is C20H21Cl2N3O3. The number of carbonyl (C=O) groups excluding carboxylic acids is 1. The molecule has 2 heterocycles. The Hall–Kier alpha value is -2.44. The summed E-state index contributed by atoms with van der Waals surface area (Å²) in [4.78, 5) is 14.1. The van der Waals surface area contributed by atoms with Gasteiger partial charge in [-0.3, -0.25) is 9.48 Å². The number of rotatable bonds is 7. The van der Waals surface area contributed by atoms with Gasteiger partial charge < -0.3 is 14.1 Å². The lowest BCUT2D eigenvalue weighted by atomic mass is 10.2. The fourth-order valence-electron chi connectivity index (χ4n) is 2.70. The molecule has 0 aliphatic carbocycles. The number of halogens is 2. The van der Waals surface area contributed by atoms with Crippen LogP contribution in [-0.4, -0.2) is 27.6 Å². The Labute approximate surface area is 173 Å². The number of hydrogen-bond acceptors (Lipinski definition) is 4. The van der Waals surface area contributed by atoms with Crippen LogP contribution < -0.4 is 4.74 Å². The maximum Gasteiger partial charge on any atom is 0.289 e. The molecule has 0 unspecified atom stereocenters. The molecule has 0 bridgehead atoms. The first-order valence-corrected chi connectivity index (χ1v) is 9.58. The number of aromatic nitrogens is 2. The molecule has 0 saturated carbocycles. The smallest absolute Gasteiger partial charge is 0.289 e. The van der Waals surface area contributed by atoms with E-state index < -0.39 is 0 Å². The molecule has 0 aliphatic rings. The van der Waals surface area contributed by atoms with Gasteiger partial charge in [0.2, 0.25) is 0 Å². The van der Waals surface area contributed by atoms with Crippen molar-refractivity contribution in [2.24, 2.45) is 0 Å². The van der Waals surface area contributed by atoms with Crippen molar-refractivity contribution in [2.75, 3.05) is 7.05 Å². The monoisotopic (exact) mass is 421 g/mol. The van der Waals surface area contributed by atoms with E-state index in [1.165, 1.54) is 4.90 Å². The van der Waals surface area contributed by atoms with E-state index in [2.05, 4.69) is 5.10 Å². The third-order valence-corrected chi connectivity index (χ3v) is 4.85. The number of para-hydroxylation sites is 1. The van der Waals surface area contributed by atoms with Gasteiger partial charge in [-0.05, 0) is 37.6 Å². The summed E-state index contributed by atoms with van der Waals surface area (Å²) in [5.74, 6) is 1.10. The first kappa shape index (κ1) is 20.3. The minimum atomic E-state index is -0.262. The molecule has 148 valence electrons. The molecule has 8 heteroatoms. The molecule has 3 aromatic rings. The summed E-state index contributed by atoms with van der Waals surface area (Å²) in [6.07, 6.45) is 1.74. The molecular weight excluding hydrogens is 401 g/mol. The molecule has 1 amide bonds. The van der Waals surface area contributed by atoms with Crippen molar-refractivity contribution in [3.05, 3.63) is 69.4 Å². The highest BCUT2D eigenvalue weighted by atomic mass is 35.5. The standard InChI is InChI=1S/C20H21Cl2N3O3/c1-4-25-10-16(22)17(23-25)11-24(3)20(26)18-9-8-14(28-18)12-27-19-13(2)6-5-7-15(19)21/h5-10H,4,11-12H2,1-3H3. The van der Waals surface area contributed by atoms with Crippen LogP contribution in [0.5, 0.6) is 5.75 Å². The molecule has 0 aliphatic heterocycles. The summed E-state index contributed by atoms with van der Waals surface area (Å²) in [6.45, 7) is 5.06. The number of furan rings is 1. The summed E-state index contributed by atoms with van der Waals surface area (Å²) in [5.41, 5.74) is 1.57. The molecule has 3 rings (SSSR count). The maximum absolute atomic E-state index is 12.6. The molecule has 0 fully saturated rings. The minimum absolute atomic E-state index is 0.175. The van der Waals surface area contributed by atoms with Gasteiger partial charge >= 0.3 is 0 Å². The summed E-state index contributed by atoms with van der Waals surface area (Å²) in [7, 11) is 1.68. The maximum atomic E-state index is 12.6. The van der Waals surface area contributed by atoms with Crippen LogP contribution in [0.1, 0.15) is 34.5 Å². The Morgan fingerprint density at radius 3 is 2.71 bits per heavy atom. The van der Waals surface area contributed by atoms with Gasteiger partial charge in [-0.15, -0.1) is 0 Å². The van der Waals surface area contributed by atoms with Gasteiger partial charge in [-0.25, -0.2) is 0 Å². The summed E-state index contributed by atoms with van der Waals surface area (Å²) in [6, 6.07) is 8.88.